The molecule has 0 fully saturated rings. The molecular weight excluding hydrogens is 713 g/mol. The number of hydrogen-bond donors (Lipinski definition) is 0. The van der Waals surface area contributed by atoms with Crippen LogP contribution >= 0.6 is 11.3 Å². The summed E-state index contributed by atoms with van der Waals surface area (Å²) in [5.74, 6) is 0. The highest BCUT2D eigenvalue weighted by atomic mass is 32.1. The van der Waals surface area contributed by atoms with Crippen LogP contribution in [0.4, 0.5) is 17.1 Å². The van der Waals surface area contributed by atoms with Gasteiger partial charge in [0.1, 0.15) is 16.2 Å². The number of aromatic nitrogens is 1. The predicted molar refractivity (Wildman–Crippen MR) is 241 cm³/mol. The Labute approximate surface area is 334 Å². The number of rotatable bonds is 7. The van der Waals surface area contributed by atoms with Gasteiger partial charge in [0.25, 0.3) is 0 Å². The monoisotopic (exact) mass is 746 g/mol. The van der Waals surface area contributed by atoms with E-state index < -0.39 is 0 Å². The Bertz CT molecular complexity index is 3200. The maximum absolute atomic E-state index is 6.67. The lowest BCUT2D eigenvalue weighted by Gasteiger charge is -2.26. The number of anilines is 3. The molecular formula is C53H34N2OS. The lowest BCUT2D eigenvalue weighted by atomic mass is 9.98. The van der Waals surface area contributed by atoms with Gasteiger partial charge in [-0.2, -0.15) is 0 Å². The molecule has 0 aliphatic rings. The Morgan fingerprint density at radius 2 is 0.930 bits per heavy atom. The fourth-order valence-corrected chi connectivity index (χ4v) is 9.07. The van der Waals surface area contributed by atoms with Gasteiger partial charge in [-0.15, -0.1) is 11.3 Å². The number of fused-ring (bicyclic) bond motifs is 5. The van der Waals surface area contributed by atoms with Crippen LogP contribution < -0.4 is 4.90 Å². The first-order chi connectivity index (χ1) is 28.2. The van der Waals surface area contributed by atoms with Crippen LogP contribution in [0.2, 0.25) is 0 Å². The van der Waals surface area contributed by atoms with Crippen molar-refractivity contribution >= 4 is 71.3 Å². The molecule has 0 saturated carbocycles. The molecule has 11 rings (SSSR count). The molecule has 0 N–H and O–H groups in total. The smallest absolute Gasteiger partial charge is 0.143 e. The van der Waals surface area contributed by atoms with E-state index in [2.05, 4.69) is 205 Å². The molecule has 268 valence electrons. The van der Waals surface area contributed by atoms with E-state index in [1.54, 1.807) is 11.3 Å². The van der Waals surface area contributed by atoms with Crippen LogP contribution in [-0.4, -0.2) is 4.98 Å². The lowest BCUT2D eigenvalue weighted by molar-refractivity contribution is 0.670. The van der Waals surface area contributed by atoms with Gasteiger partial charge in [-0.3, -0.25) is 0 Å². The van der Waals surface area contributed by atoms with E-state index in [-0.39, 0.29) is 0 Å². The molecule has 2 heterocycles. The number of furan rings is 1. The molecule has 0 unspecified atom stereocenters. The Balaban J connectivity index is 0.970. The van der Waals surface area contributed by atoms with Crippen LogP contribution in [0.3, 0.4) is 0 Å². The Morgan fingerprint density at radius 3 is 1.63 bits per heavy atom. The largest absolute Gasteiger partial charge is 0.455 e. The van der Waals surface area contributed by atoms with E-state index >= 15 is 0 Å². The fraction of sp³-hybridized carbons (Fsp3) is 0. The molecule has 57 heavy (non-hydrogen) atoms. The standard InChI is InChI=1S/C53H34N2OS/c1-3-11-35(12-4-1)36-21-27-41(28-22-36)55(42-29-23-38(24-30-42)45-18-9-16-37-13-7-8-17-44(37)45)43-31-25-39(26-32-43)46-19-10-20-47-48-33-49-51(34-50(48)56-52(46)47)57-53(54-49)40-14-5-2-6-15-40/h1-34H. The van der Waals surface area contributed by atoms with E-state index in [1.165, 1.54) is 33.0 Å². The SMILES string of the molecule is c1ccc(-c2ccc(N(c3ccc(-c4cccc5ccccc45)cc3)c3ccc(-c4cccc5c4oc4cc6sc(-c7ccccc7)nc6cc45)cc3)cc2)cc1. The zero-order valence-corrected chi connectivity index (χ0v) is 31.7. The van der Waals surface area contributed by atoms with E-state index in [9.17, 15) is 0 Å². The van der Waals surface area contributed by atoms with E-state index in [4.69, 9.17) is 9.40 Å². The minimum atomic E-state index is 0.877. The van der Waals surface area contributed by atoms with Crippen LogP contribution in [0, 0.1) is 0 Å². The second-order valence-corrected chi connectivity index (χ2v) is 15.4. The highest BCUT2D eigenvalue weighted by Gasteiger charge is 2.18. The van der Waals surface area contributed by atoms with Crippen LogP contribution in [0.1, 0.15) is 0 Å². The number of para-hydroxylation sites is 1. The van der Waals surface area contributed by atoms with Gasteiger partial charge < -0.3 is 9.32 Å². The average Bonchev–Trinajstić information content (AvgIpc) is 3.87. The predicted octanol–water partition coefficient (Wildman–Crippen LogP) is 15.5. The van der Waals surface area contributed by atoms with Gasteiger partial charge in [0.15, 0.2) is 0 Å². The molecule has 0 radical (unpaired) electrons. The first-order valence-corrected chi connectivity index (χ1v) is 20.0. The van der Waals surface area contributed by atoms with Crippen molar-refractivity contribution in [1.82, 2.24) is 4.98 Å². The number of thiazole rings is 1. The maximum atomic E-state index is 6.67. The molecule has 9 aromatic carbocycles. The third-order valence-corrected chi connectivity index (χ3v) is 12.0. The Hall–Kier alpha value is -7.27. The molecule has 0 aliphatic carbocycles. The molecule has 0 atom stereocenters. The Morgan fingerprint density at radius 1 is 0.404 bits per heavy atom. The van der Waals surface area contributed by atoms with Crippen molar-refractivity contribution in [2.24, 2.45) is 0 Å². The van der Waals surface area contributed by atoms with Crippen molar-refractivity contribution in [2.75, 3.05) is 4.90 Å². The Kier molecular flexibility index (Phi) is 8.01. The van der Waals surface area contributed by atoms with Crippen molar-refractivity contribution in [3.63, 3.8) is 0 Å². The van der Waals surface area contributed by atoms with Gasteiger partial charge in [0, 0.05) is 45.0 Å². The third kappa shape index (κ3) is 5.95. The van der Waals surface area contributed by atoms with Crippen molar-refractivity contribution in [1.29, 1.82) is 0 Å². The van der Waals surface area contributed by atoms with Crippen LogP contribution in [0.25, 0.3) is 86.9 Å². The van der Waals surface area contributed by atoms with Crippen LogP contribution in [0.5, 0.6) is 0 Å². The summed E-state index contributed by atoms with van der Waals surface area (Å²) in [6.07, 6.45) is 0. The van der Waals surface area contributed by atoms with Gasteiger partial charge in [-0.1, -0.05) is 158 Å². The normalized spacial score (nSPS) is 11.5. The summed E-state index contributed by atoms with van der Waals surface area (Å²) in [6.45, 7) is 0. The quantitative estimate of drug-likeness (QED) is 0.163. The van der Waals surface area contributed by atoms with Crippen molar-refractivity contribution < 1.29 is 4.42 Å². The molecule has 2 aromatic heterocycles. The molecule has 3 nitrogen and oxygen atoms in total. The zero-order chi connectivity index (χ0) is 37.7. The van der Waals surface area contributed by atoms with E-state index in [1.807, 2.05) is 6.07 Å². The van der Waals surface area contributed by atoms with Crippen molar-refractivity contribution in [2.45, 2.75) is 0 Å². The highest BCUT2D eigenvalue weighted by molar-refractivity contribution is 7.21. The maximum Gasteiger partial charge on any atom is 0.143 e. The number of hydrogen-bond acceptors (Lipinski definition) is 4. The van der Waals surface area contributed by atoms with Gasteiger partial charge in [-0.25, -0.2) is 4.98 Å². The summed E-state index contributed by atoms with van der Waals surface area (Å²) >= 11 is 1.70. The van der Waals surface area contributed by atoms with Crippen molar-refractivity contribution in [3.8, 4) is 44.0 Å². The summed E-state index contributed by atoms with van der Waals surface area (Å²) in [5, 5.41) is 5.69. The molecule has 0 bridgehead atoms. The molecule has 0 amide bonds. The molecule has 4 heteroatoms. The highest BCUT2D eigenvalue weighted by Crippen LogP contribution is 2.42. The first-order valence-electron chi connectivity index (χ1n) is 19.2. The fourth-order valence-electron chi connectivity index (χ4n) is 8.09. The van der Waals surface area contributed by atoms with Gasteiger partial charge in [-0.05, 0) is 81.1 Å². The second-order valence-electron chi connectivity index (χ2n) is 14.4. The summed E-state index contributed by atoms with van der Waals surface area (Å²) in [5.41, 5.74) is 14.1. The summed E-state index contributed by atoms with van der Waals surface area (Å²) < 4.78 is 7.79. The average molecular weight is 747 g/mol. The minimum Gasteiger partial charge on any atom is -0.455 e. The summed E-state index contributed by atoms with van der Waals surface area (Å²) in [4.78, 5) is 7.33. The molecule has 0 spiro atoms. The van der Waals surface area contributed by atoms with E-state index in [0.29, 0.717) is 0 Å². The minimum absolute atomic E-state index is 0.877. The first kappa shape index (κ1) is 33.1. The third-order valence-electron chi connectivity index (χ3n) is 10.9. The van der Waals surface area contributed by atoms with Crippen LogP contribution in [-0.2, 0) is 0 Å². The van der Waals surface area contributed by atoms with Gasteiger partial charge >= 0.3 is 0 Å². The molecule has 0 saturated heterocycles. The van der Waals surface area contributed by atoms with Gasteiger partial charge in [0.05, 0.1) is 10.2 Å². The topological polar surface area (TPSA) is 29.3 Å². The summed E-state index contributed by atoms with van der Waals surface area (Å²) in [6, 6.07) is 73.4. The number of benzene rings is 9. The second kappa shape index (κ2) is 13.8. The van der Waals surface area contributed by atoms with E-state index in [0.717, 1.165) is 70.9 Å². The van der Waals surface area contributed by atoms with Crippen LogP contribution in [0.15, 0.2) is 211 Å². The van der Waals surface area contributed by atoms with Crippen molar-refractivity contribution in [3.05, 3.63) is 206 Å². The summed E-state index contributed by atoms with van der Waals surface area (Å²) in [7, 11) is 0. The molecule has 11 aromatic rings. The molecule has 0 aliphatic heterocycles. The lowest BCUT2D eigenvalue weighted by Crippen LogP contribution is -2.09. The van der Waals surface area contributed by atoms with Gasteiger partial charge in [0.2, 0.25) is 0 Å². The number of nitrogens with zero attached hydrogens (tertiary/aromatic N) is 2. The zero-order valence-electron chi connectivity index (χ0n) is 30.8.